The van der Waals surface area contributed by atoms with Crippen LogP contribution in [0.5, 0.6) is 0 Å². The second-order valence-electron chi connectivity index (χ2n) is 4.61. The van der Waals surface area contributed by atoms with E-state index in [4.69, 9.17) is 12.2 Å². The van der Waals surface area contributed by atoms with Crippen LogP contribution in [0.25, 0.3) is 11.0 Å². The summed E-state index contributed by atoms with van der Waals surface area (Å²) in [6.45, 7) is 2.13. The third-order valence-electron chi connectivity index (χ3n) is 3.52. The number of aromatic amines is 1. The van der Waals surface area contributed by atoms with Crippen molar-refractivity contribution in [1.29, 1.82) is 0 Å². The Labute approximate surface area is 110 Å². The van der Waals surface area contributed by atoms with Crippen molar-refractivity contribution in [3.05, 3.63) is 28.5 Å². The van der Waals surface area contributed by atoms with Gasteiger partial charge in [-0.25, -0.2) is 0 Å². The van der Waals surface area contributed by atoms with E-state index in [1.165, 1.54) is 40.9 Å². The molecule has 1 saturated heterocycles. The van der Waals surface area contributed by atoms with Crippen LogP contribution in [0, 0.1) is 11.7 Å². The Hall–Kier alpha value is -0.740. The lowest BCUT2D eigenvalue weighted by Crippen LogP contribution is -2.15. The average Bonchev–Trinajstić information content (AvgIpc) is 2.68. The number of imidazole rings is 1. The molecule has 0 aliphatic carbocycles. The number of para-hydroxylation sites is 1. The molecule has 0 unspecified atom stereocenters. The first kappa shape index (κ1) is 11.4. The van der Waals surface area contributed by atoms with Crippen LogP contribution in [0.4, 0.5) is 0 Å². The third-order valence-corrected chi connectivity index (χ3v) is 4.86. The molecule has 2 heterocycles. The van der Waals surface area contributed by atoms with Crippen molar-refractivity contribution in [3.63, 3.8) is 0 Å². The number of fused-ring (bicyclic) bond motifs is 1. The quantitative estimate of drug-likeness (QED) is 0.784. The van der Waals surface area contributed by atoms with E-state index >= 15 is 0 Å². The number of H-pyrrole nitrogens is 1. The van der Waals surface area contributed by atoms with Crippen molar-refractivity contribution in [3.8, 4) is 0 Å². The van der Waals surface area contributed by atoms with E-state index in [-0.39, 0.29) is 0 Å². The van der Waals surface area contributed by atoms with Gasteiger partial charge in [0.1, 0.15) is 0 Å². The summed E-state index contributed by atoms with van der Waals surface area (Å²) in [7, 11) is 0. The number of aromatic nitrogens is 2. The number of hydrogen-bond donors (Lipinski definition) is 1. The molecule has 3 rings (SSSR count). The van der Waals surface area contributed by atoms with Gasteiger partial charge in [-0.3, -0.25) is 0 Å². The third kappa shape index (κ3) is 1.93. The number of thioether (sulfide) groups is 1. The van der Waals surface area contributed by atoms with Gasteiger partial charge >= 0.3 is 0 Å². The van der Waals surface area contributed by atoms with Crippen molar-refractivity contribution in [1.82, 2.24) is 9.55 Å². The van der Waals surface area contributed by atoms with Gasteiger partial charge in [0.15, 0.2) is 4.77 Å². The number of benzene rings is 1. The number of aryl methyl sites for hydroxylation is 1. The minimum atomic E-state index is 0.583. The molecule has 1 aromatic heterocycles. The van der Waals surface area contributed by atoms with Gasteiger partial charge in [0.05, 0.1) is 11.0 Å². The van der Waals surface area contributed by atoms with E-state index in [0.29, 0.717) is 6.04 Å². The van der Waals surface area contributed by atoms with Crippen molar-refractivity contribution in [2.45, 2.75) is 25.8 Å². The van der Waals surface area contributed by atoms with Crippen molar-refractivity contribution >= 4 is 35.0 Å². The van der Waals surface area contributed by atoms with Crippen LogP contribution < -0.4 is 0 Å². The van der Waals surface area contributed by atoms with Gasteiger partial charge in [-0.05, 0) is 55.1 Å². The molecule has 0 spiro atoms. The summed E-state index contributed by atoms with van der Waals surface area (Å²) >= 11 is 7.55. The molecule has 90 valence electrons. The molecule has 0 radical (unpaired) electrons. The molecule has 2 nitrogen and oxygen atoms in total. The highest BCUT2D eigenvalue weighted by molar-refractivity contribution is 7.99. The highest BCUT2D eigenvalue weighted by atomic mass is 32.2. The van der Waals surface area contributed by atoms with Crippen molar-refractivity contribution in [2.24, 2.45) is 0 Å². The topological polar surface area (TPSA) is 20.7 Å². The number of nitrogens with one attached hydrogen (secondary N) is 1. The zero-order valence-corrected chi connectivity index (χ0v) is 11.5. The van der Waals surface area contributed by atoms with Crippen molar-refractivity contribution in [2.75, 3.05) is 11.5 Å². The van der Waals surface area contributed by atoms with Gasteiger partial charge in [-0.2, -0.15) is 11.8 Å². The Morgan fingerprint density at radius 1 is 1.35 bits per heavy atom. The fourth-order valence-corrected chi connectivity index (χ4v) is 4.03. The van der Waals surface area contributed by atoms with Gasteiger partial charge in [-0.15, -0.1) is 0 Å². The summed E-state index contributed by atoms with van der Waals surface area (Å²) in [5.74, 6) is 2.51. The maximum atomic E-state index is 5.49. The SMILES string of the molecule is Cc1cccc2c1[nH]c(=S)n2C1CCSCC1. The number of rotatable bonds is 1. The number of hydrogen-bond acceptors (Lipinski definition) is 2. The lowest BCUT2D eigenvalue weighted by molar-refractivity contribution is 0.476. The Balaban J connectivity index is 2.18. The maximum absolute atomic E-state index is 5.49. The highest BCUT2D eigenvalue weighted by Gasteiger charge is 2.18. The molecule has 4 heteroatoms. The largest absolute Gasteiger partial charge is 0.330 e. The predicted molar refractivity (Wildman–Crippen MR) is 77.5 cm³/mol. The smallest absolute Gasteiger partial charge is 0.178 e. The lowest BCUT2D eigenvalue weighted by Gasteiger charge is -2.23. The summed E-state index contributed by atoms with van der Waals surface area (Å²) < 4.78 is 3.21. The number of nitrogens with zero attached hydrogens (tertiary/aromatic N) is 1. The molecule has 1 aliphatic rings. The normalized spacial score (nSPS) is 17.7. The van der Waals surface area contributed by atoms with Crippen LogP contribution in [0.2, 0.25) is 0 Å². The summed E-state index contributed by atoms with van der Waals surface area (Å²) in [5, 5.41) is 0. The summed E-state index contributed by atoms with van der Waals surface area (Å²) in [6.07, 6.45) is 2.47. The van der Waals surface area contributed by atoms with Gasteiger partial charge in [-0.1, -0.05) is 12.1 Å². The molecule has 1 N–H and O–H groups in total. The Kier molecular flexibility index (Phi) is 3.01. The molecule has 17 heavy (non-hydrogen) atoms. The molecule has 0 atom stereocenters. The van der Waals surface area contributed by atoms with Crippen LogP contribution in [0.1, 0.15) is 24.4 Å². The summed E-state index contributed by atoms with van der Waals surface area (Å²) in [4.78, 5) is 3.36. The van der Waals surface area contributed by atoms with E-state index in [1.54, 1.807) is 0 Å². The van der Waals surface area contributed by atoms with E-state index < -0.39 is 0 Å². The van der Waals surface area contributed by atoms with E-state index in [9.17, 15) is 0 Å². The average molecular weight is 264 g/mol. The lowest BCUT2D eigenvalue weighted by atomic mass is 10.1. The molecule has 0 saturated carbocycles. The molecule has 0 amide bonds. The first-order valence-corrected chi connectivity index (χ1v) is 7.61. The molecule has 2 aromatic rings. The molecular formula is C13H16N2S2. The highest BCUT2D eigenvalue weighted by Crippen LogP contribution is 2.31. The Bertz CT molecular complexity index is 591. The van der Waals surface area contributed by atoms with Crippen LogP contribution in [-0.4, -0.2) is 21.1 Å². The molecule has 0 bridgehead atoms. The minimum absolute atomic E-state index is 0.583. The first-order chi connectivity index (χ1) is 8.27. The van der Waals surface area contributed by atoms with Gasteiger partial charge in [0.25, 0.3) is 0 Å². The van der Waals surface area contributed by atoms with Gasteiger partial charge in [0.2, 0.25) is 0 Å². The standard InChI is InChI=1S/C13H16N2S2/c1-9-3-2-4-11-12(9)14-13(16)15(11)10-5-7-17-8-6-10/h2-4,10H,5-8H2,1H3,(H,14,16). The van der Waals surface area contributed by atoms with Crippen LogP contribution in [0.3, 0.4) is 0 Å². The van der Waals surface area contributed by atoms with Crippen LogP contribution >= 0.6 is 24.0 Å². The van der Waals surface area contributed by atoms with E-state index in [1.807, 2.05) is 0 Å². The second kappa shape index (κ2) is 4.50. The maximum Gasteiger partial charge on any atom is 0.178 e. The molecular weight excluding hydrogens is 248 g/mol. The zero-order chi connectivity index (χ0) is 11.8. The Morgan fingerprint density at radius 2 is 2.12 bits per heavy atom. The fourth-order valence-electron chi connectivity index (χ4n) is 2.60. The zero-order valence-electron chi connectivity index (χ0n) is 9.90. The fraction of sp³-hybridized carbons (Fsp3) is 0.462. The molecule has 1 aromatic carbocycles. The monoisotopic (exact) mass is 264 g/mol. The van der Waals surface area contributed by atoms with E-state index in [0.717, 1.165) is 4.77 Å². The van der Waals surface area contributed by atoms with Crippen molar-refractivity contribution < 1.29 is 0 Å². The molecule has 1 aliphatic heterocycles. The first-order valence-electron chi connectivity index (χ1n) is 6.05. The van der Waals surface area contributed by atoms with Crippen LogP contribution in [0.15, 0.2) is 18.2 Å². The van der Waals surface area contributed by atoms with E-state index in [2.05, 4.69) is 46.4 Å². The second-order valence-corrected chi connectivity index (χ2v) is 6.22. The molecule has 1 fully saturated rings. The van der Waals surface area contributed by atoms with Gasteiger partial charge in [0, 0.05) is 6.04 Å². The Morgan fingerprint density at radius 3 is 2.88 bits per heavy atom. The van der Waals surface area contributed by atoms with Crippen LogP contribution in [-0.2, 0) is 0 Å². The summed E-state index contributed by atoms with van der Waals surface area (Å²) in [6, 6.07) is 7.01. The summed E-state index contributed by atoms with van der Waals surface area (Å²) in [5.41, 5.74) is 3.75. The minimum Gasteiger partial charge on any atom is -0.330 e. The van der Waals surface area contributed by atoms with Gasteiger partial charge < -0.3 is 9.55 Å². The predicted octanol–water partition coefficient (Wildman–Crippen LogP) is 4.08.